The highest BCUT2D eigenvalue weighted by atomic mass is 16.5. The molecule has 36 heavy (non-hydrogen) atoms. The van der Waals surface area contributed by atoms with E-state index in [4.69, 9.17) is 15.2 Å². The molecule has 0 saturated carbocycles. The first kappa shape index (κ1) is 27.6. The predicted octanol–water partition coefficient (Wildman–Crippen LogP) is 2.54. The van der Waals surface area contributed by atoms with E-state index < -0.39 is 0 Å². The maximum Gasteiger partial charge on any atom is 0.251 e. The quantitative estimate of drug-likeness (QED) is 0.254. The largest absolute Gasteiger partial charge is 0.378 e. The van der Waals surface area contributed by atoms with Crippen molar-refractivity contribution in [2.75, 3.05) is 74.7 Å². The summed E-state index contributed by atoms with van der Waals surface area (Å²) in [5.41, 5.74) is 6.64. The molecule has 1 aromatic heterocycles. The topological polar surface area (TPSA) is 140 Å². The minimum atomic E-state index is -0.173. The highest BCUT2D eigenvalue weighted by Gasteiger charge is 2.17. The summed E-state index contributed by atoms with van der Waals surface area (Å²) < 4.78 is 10.7. The lowest BCUT2D eigenvalue weighted by molar-refractivity contribution is 0.0511. The number of hydrogen-bond donors (Lipinski definition) is 4. The van der Waals surface area contributed by atoms with Crippen molar-refractivity contribution in [3.05, 3.63) is 29.8 Å². The number of amides is 1. The Kier molecular flexibility index (Phi) is 12.2. The van der Waals surface area contributed by atoms with Crippen LogP contribution in [-0.2, 0) is 9.47 Å². The van der Waals surface area contributed by atoms with Crippen molar-refractivity contribution in [1.29, 1.82) is 0 Å². The average molecular weight is 501 g/mol. The fourth-order valence-electron chi connectivity index (χ4n) is 3.72. The van der Waals surface area contributed by atoms with Crippen LogP contribution in [0.25, 0.3) is 0 Å². The Morgan fingerprint density at radius 2 is 1.78 bits per heavy atom. The van der Waals surface area contributed by atoms with Crippen molar-refractivity contribution in [2.45, 2.75) is 39.0 Å². The standard InChI is InChI=1S/C25H40N8O3/c1-2-3-11-28-23-30-24(32-25(31-23)33-13-5-4-6-14-33)29-21-9-7-8-20(19-21)22(34)27-12-16-36-18-17-35-15-10-26/h7-9,19H,2-6,10-18,26H2,1H3,(H,27,34)(H2,28,29,30,31,32). The molecule has 0 atom stereocenters. The smallest absolute Gasteiger partial charge is 0.251 e. The Hall–Kier alpha value is -3.02. The number of unbranched alkanes of at least 4 members (excludes halogenated alkanes) is 1. The van der Waals surface area contributed by atoms with Gasteiger partial charge in [0.1, 0.15) is 0 Å². The Bertz CT molecular complexity index is 924. The minimum Gasteiger partial charge on any atom is -0.378 e. The van der Waals surface area contributed by atoms with Crippen molar-refractivity contribution in [3.8, 4) is 0 Å². The van der Waals surface area contributed by atoms with Crippen LogP contribution in [0.3, 0.4) is 0 Å². The van der Waals surface area contributed by atoms with E-state index in [9.17, 15) is 4.79 Å². The predicted molar refractivity (Wildman–Crippen MR) is 142 cm³/mol. The number of rotatable bonds is 16. The molecule has 5 N–H and O–H groups in total. The molecule has 1 fully saturated rings. The molecule has 2 heterocycles. The van der Waals surface area contributed by atoms with Gasteiger partial charge in [0.15, 0.2) is 0 Å². The van der Waals surface area contributed by atoms with Gasteiger partial charge in [-0.1, -0.05) is 19.4 Å². The van der Waals surface area contributed by atoms with Crippen molar-refractivity contribution >= 4 is 29.4 Å². The van der Waals surface area contributed by atoms with E-state index in [0.717, 1.165) is 51.0 Å². The molecule has 3 rings (SSSR count). The summed E-state index contributed by atoms with van der Waals surface area (Å²) in [4.78, 5) is 28.7. The zero-order chi connectivity index (χ0) is 25.4. The summed E-state index contributed by atoms with van der Waals surface area (Å²) in [5, 5.41) is 9.44. The molecular weight excluding hydrogens is 460 g/mol. The van der Waals surface area contributed by atoms with E-state index in [2.05, 4.69) is 42.7 Å². The number of carbonyl (C=O) groups is 1. The van der Waals surface area contributed by atoms with Crippen LogP contribution in [0.15, 0.2) is 24.3 Å². The highest BCUT2D eigenvalue weighted by molar-refractivity contribution is 5.95. The lowest BCUT2D eigenvalue weighted by Crippen LogP contribution is -2.31. The van der Waals surface area contributed by atoms with E-state index >= 15 is 0 Å². The summed E-state index contributed by atoms with van der Waals surface area (Å²) in [6.45, 7) is 7.63. The Morgan fingerprint density at radius 3 is 2.56 bits per heavy atom. The van der Waals surface area contributed by atoms with Crippen LogP contribution in [0.1, 0.15) is 49.4 Å². The molecule has 1 aromatic carbocycles. The van der Waals surface area contributed by atoms with E-state index in [1.807, 2.05) is 12.1 Å². The molecule has 0 unspecified atom stereocenters. The lowest BCUT2D eigenvalue weighted by Gasteiger charge is -2.27. The third kappa shape index (κ3) is 9.56. The second-order valence-electron chi connectivity index (χ2n) is 8.59. The molecule has 1 saturated heterocycles. The number of aromatic nitrogens is 3. The summed E-state index contributed by atoms with van der Waals surface area (Å²) >= 11 is 0. The number of anilines is 4. The molecule has 11 heteroatoms. The molecular formula is C25H40N8O3. The Labute approximate surface area is 213 Å². The maximum absolute atomic E-state index is 12.6. The fourth-order valence-corrected chi connectivity index (χ4v) is 3.72. The van der Waals surface area contributed by atoms with Gasteiger partial charge in [0.2, 0.25) is 17.8 Å². The molecule has 0 radical (unpaired) electrons. The van der Waals surface area contributed by atoms with Gasteiger partial charge in [-0.05, 0) is 43.9 Å². The number of nitrogens with one attached hydrogen (secondary N) is 3. The third-order valence-electron chi connectivity index (χ3n) is 5.62. The van der Waals surface area contributed by atoms with Gasteiger partial charge in [0.25, 0.3) is 5.91 Å². The van der Waals surface area contributed by atoms with Crippen molar-refractivity contribution in [1.82, 2.24) is 20.3 Å². The van der Waals surface area contributed by atoms with Crippen LogP contribution in [0.4, 0.5) is 23.5 Å². The number of ether oxygens (including phenoxy) is 2. The molecule has 0 aliphatic carbocycles. The fraction of sp³-hybridized carbons (Fsp3) is 0.600. The molecule has 2 aromatic rings. The van der Waals surface area contributed by atoms with Gasteiger partial charge >= 0.3 is 0 Å². The van der Waals surface area contributed by atoms with Crippen LogP contribution in [0.2, 0.25) is 0 Å². The van der Waals surface area contributed by atoms with E-state index in [1.54, 1.807) is 12.1 Å². The van der Waals surface area contributed by atoms with Crippen molar-refractivity contribution < 1.29 is 14.3 Å². The van der Waals surface area contributed by atoms with Crippen molar-refractivity contribution in [3.63, 3.8) is 0 Å². The molecule has 198 valence electrons. The SMILES string of the molecule is CCCCNc1nc(Nc2cccc(C(=O)NCCOCCOCCN)c2)nc(N2CCCCC2)n1. The molecule has 1 aliphatic heterocycles. The molecule has 1 amide bonds. The van der Waals surface area contributed by atoms with E-state index in [1.165, 1.54) is 6.42 Å². The van der Waals surface area contributed by atoms with Gasteiger partial charge < -0.3 is 36.1 Å². The summed E-state index contributed by atoms with van der Waals surface area (Å²) in [7, 11) is 0. The van der Waals surface area contributed by atoms with Crippen LogP contribution in [0.5, 0.6) is 0 Å². The third-order valence-corrected chi connectivity index (χ3v) is 5.62. The maximum atomic E-state index is 12.6. The second-order valence-corrected chi connectivity index (χ2v) is 8.59. The minimum absolute atomic E-state index is 0.173. The Balaban J connectivity index is 1.58. The van der Waals surface area contributed by atoms with Crippen LogP contribution >= 0.6 is 0 Å². The van der Waals surface area contributed by atoms with Gasteiger partial charge in [-0.25, -0.2) is 0 Å². The van der Waals surface area contributed by atoms with Gasteiger partial charge in [-0.15, -0.1) is 0 Å². The number of nitrogens with two attached hydrogens (primary N) is 1. The number of hydrogen-bond acceptors (Lipinski definition) is 10. The summed E-state index contributed by atoms with van der Waals surface area (Å²) in [6.07, 6.45) is 5.64. The Morgan fingerprint density at radius 1 is 1.00 bits per heavy atom. The monoisotopic (exact) mass is 500 g/mol. The van der Waals surface area contributed by atoms with Crippen molar-refractivity contribution in [2.24, 2.45) is 5.73 Å². The molecule has 1 aliphatic rings. The first-order chi connectivity index (χ1) is 17.7. The number of piperidine rings is 1. The molecule has 0 spiro atoms. The zero-order valence-corrected chi connectivity index (χ0v) is 21.3. The molecule has 11 nitrogen and oxygen atoms in total. The summed E-state index contributed by atoms with van der Waals surface area (Å²) in [5.74, 6) is 1.51. The second kappa shape index (κ2) is 15.9. The van der Waals surface area contributed by atoms with Gasteiger partial charge in [0.05, 0.1) is 26.4 Å². The zero-order valence-electron chi connectivity index (χ0n) is 21.3. The first-order valence-corrected chi connectivity index (χ1v) is 13.0. The highest BCUT2D eigenvalue weighted by Crippen LogP contribution is 2.21. The van der Waals surface area contributed by atoms with Gasteiger partial charge in [-0.2, -0.15) is 15.0 Å². The molecule has 0 bridgehead atoms. The first-order valence-electron chi connectivity index (χ1n) is 13.0. The van der Waals surface area contributed by atoms with E-state index in [-0.39, 0.29) is 5.91 Å². The normalized spacial score (nSPS) is 13.4. The van der Waals surface area contributed by atoms with E-state index in [0.29, 0.717) is 62.9 Å². The van der Waals surface area contributed by atoms with Crippen LogP contribution < -0.4 is 26.6 Å². The summed E-state index contributed by atoms with van der Waals surface area (Å²) in [6, 6.07) is 7.27. The van der Waals surface area contributed by atoms with Gasteiger partial charge in [0, 0.05) is 44.0 Å². The number of benzene rings is 1. The average Bonchev–Trinajstić information content (AvgIpc) is 2.91. The van der Waals surface area contributed by atoms with Crippen LogP contribution in [0, 0.1) is 0 Å². The van der Waals surface area contributed by atoms with Gasteiger partial charge in [-0.3, -0.25) is 4.79 Å². The lowest BCUT2D eigenvalue weighted by atomic mass is 10.1. The number of carbonyl (C=O) groups excluding carboxylic acids is 1. The number of nitrogens with zero attached hydrogens (tertiary/aromatic N) is 4. The van der Waals surface area contributed by atoms with Crippen LogP contribution in [-0.4, -0.2) is 80.0 Å².